The van der Waals surface area contributed by atoms with E-state index in [0.717, 1.165) is 5.56 Å². The Morgan fingerprint density at radius 3 is 2.71 bits per heavy atom. The lowest BCUT2D eigenvalue weighted by atomic mass is 10.1. The number of thiazole rings is 1. The molecule has 0 saturated heterocycles. The van der Waals surface area contributed by atoms with Crippen LogP contribution in [0.15, 0.2) is 40.3 Å². The van der Waals surface area contributed by atoms with Crippen molar-refractivity contribution >= 4 is 28.3 Å². The monoisotopic (exact) mass is 402 g/mol. The molecule has 146 valence electrons. The first-order chi connectivity index (χ1) is 13.5. The zero-order valence-corrected chi connectivity index (χ0v) is 16.3. The Bertz CT molecular complexity index is 994. The van der Waals surface area contributed by atoms with Crippen molar-refractivity contribution < 1.29 is 28.2 Å². The summed E-state index contributed by atoms with van der Waals surface area (Å²) in [7, 11) is 3.14. The first-order valence-electron chi connectivity index (χ1n) is 8.20. The summed E-state index contributed by atoms with van der Waals surface area (Å²) in [6.45, 7) is 1.21. The van der Waals surface area contributed by atoms with Gasteiger partial charge >= 0.3 is 5.97 Å². The Balaban J connectivity index is 1.64. The molecule has 0 atom stereocenters. The molecule has 2 heterocycles. The Morgan fingerprint density at radius 2 is 2.04 bits per heavy atom. The minimum Gasteiger partial charge on any atom is -0.497 e. The summed E-state index contributed by atoms with van der Waals surface area (Å²) < 4.78 is 20.6. The molecule has 0 aliphatic rings. The number of benzene rings is 1. The number of carbonyl (C=O) groups is 2. The molecule has 28 heavy (non-hydrogen) atoms. The first kappa shape index (κ1) is 19.4. The molecule has 1 aromatic carbocycles. The Labute approximate surface area is 165 Å². The van der Waals surface area contributed by atoms with Gasteiger partial charge in [-0.25, -0.2) is 9.78 Å². The van der Waals surface area contributed by atoms with E-state index in [0.29, 0.717) is 28.1 Å². The number of esters is 1. The highest BCUT2D eigenvalue weighted by Crippen LogP contribution is 2.34. The molecule has 3 aromatic rings. The Hall–Kier alpha value is -3.33. The number of methoxy groups -OCH3 is 2. The molecule has 0 bridgehead atoms. The lowest BCUT2D eigenvalue weighted by Gasteiger charge is -2.08. The highest BCUT2D eigenvalue weighted by atomic mass is 32.1. The van der Waals surface area contributed by atoms with E-state index in [9.17, 15) is 9.59 Å². The summed E-state index contributed by atoms with van der Waals surface area (Å²) in [4.78, 5) is 28.3. The molecule has 0 fully saturated rings. The number of hydrogen-bond acceptors (Lipinski definition) is 8. The van der Waals surface area contributed by atoms with E-state index in [1.807, 2.05) is 0 Å². The third kappa shape index (κ3) is 4.32. The van der Waals surface area contributed by atoms with E-state index in [1.54, 1.807) is 44.7 Å². The minimum atomic E-state index is -0.623. The van der Waals surface area contributed by atoms with Crippen LogP contribution in [0.3, 0.4) is 0 Å². The van der Waals surface area contributed by atoms with Crippen LogP contribution in [0.5, 0.6) is 11.5 Å². The number of ether oxygens (including phenoxy) is 3. The van der Waals surface area contributed by atoms with E-state index in [4.69, 9.17) is 18.6 Å². The summed E-state index contributed by atoms with van der Waals surface area (Å²) in [6.07, 6.45) is 1.38. The predicted octanol–water partition coefficient (Wildman–Crippen LogP) is 3.52. The van der Waals surface area contributed by atoms with Gasteiger partial charge in [0.1, 0.15) is 22.8 Å². The smallest absolute Gasteiger partial charge is 0.342 e. The number of nitrogens with one attached hydrogen (secondary N) is 1. The fourth-order valence-corrected chi connectivity index (χ4v) is 3.16. The highest BCUT2D eigenvalue weighted by Gasteiger charge is 2.16. The van der Waals surface area contributed by atoms with Crippen LogP contribution in [0.2, 0.25) is 0 Å². The van der Waals surface area contributed by atoms with Gasteiger partial charge in [-0.15, -0.1) is 11.3 Å². The maximum atomic E-state index is 12.1. The van der Waals surface area contributed by atoms with Crippen molar-refractivity contribution in [2.24, 2.45) is 0 Å². The van der Waals surface area contributed by atoms with Gasteiger partial charge < -0.3 is 18.6 Å². The summed E-state index contributed by atoms with van der Waals surface area (Å²) in [6, 6.07) is 6.86. The van der Waals surface area contributed by atoms with Crippen LogP contribution in [-0.4, -0.2) is 37.7 Å². The normalized spacial score (nSPS) is 10.4. The molecule has 1 amide bonds. The third-order valence-electron chi connectivity index (χ3n) is 3.85. The second-order valence-electron chi connectivity index (χ2n) is 5.62. The van der Waals surface area contributed by atoms with Gasteiger partial charge in [0.15, 0.2) is 11.7 Å². The molecular weight excluding hydrogens is 384 g/mol. The second-order valence-corrected chi connectivity index (χ2v) is 6.48. The zero-order valence-electron chi connectivity index (χ0n) is 15.5. The van der Waals surface area contributed by atoms with Crippen LogP contribution < -0.4 is 14.8 Å². The zero-order chi connectivity index (χ0) is 20.1. The number of aryl methyl sites for hydroxylation is 1. The summed E-state index contributed by atoms with van der Waals surface area (Å²) >= 11 is 1.24. The van der Waals surface area contributed by atoms with E-state index in [1.165, 1.54) is 23.7 Å². The number of carbonyl (C=O) groups excluding carboxylic acids is 2. The molecule has 0 saturated carbocycles. The second kappa shape index (κ2) is 8.57. The van der Waals surface area contributed by atoms with Crippen LogP contribution in [0, 0.1) is 6.92 Å². The molecule has 2 aromatic heterocycles. The minimum absolute atomic E-state index is 0.287. The number of rotatable bonds is 7. The number of anilines is 1. The van der Waals surface area contributed by atoms with Gasteiger partial charge in [0, 0.05) is 10.9 Å². The molecule has 8 nitrogen and oxygen atoms in total. The van der Waals surface area contributed by atoms with E-state index in [-0.39, 0.29) is 5.56 Å². The van der Waals surface area contributed by atoms with Gasteiger partial charge in [-0.1, -0.05) is 0 Å². The van der Waals surface area contributed by atoms with Crippen molar-refractivity contribution in [1.82, 2.24) is 4.98 Å². The summed E-state index contributed by atoms with van der Waals surface area (Å²) in [5, 5.41) is 4.77. The van der Waals surface area contributed by atoms with E-state index in [2.05, 4.69) is 10.3 Å². The SMILES string of the molecule is COc1ccc(OC)c(-c2csc(NC(=O)COC(=O)c3ccoc3C)n2)c1. The molecular formula is C19H18N2O6S. The maximum absolute atomic E-state index is 12.1. The van der Waals surface area contributed by atoms with Gasteiger partial charge in [-0.3, -0.25) is 10.1 Å². The van der Waals surface area contributed by atoms with Crippen molar-refractivity contribution in [2.75, 3.05) is 26.1 Å². The average Bonchev–Trinajstić information content (AvgIpc) is 3.34. The van der Waals surface area contributed by atoms with E-state index < -0.39 is 18.5 Å². The van der Waals surface area contributed by atoms with Crippen molar-refractivity contribution in [2.45, 2.75) is 6.92 Å². The van der Waals surface area contributed by atoms with Crippen LogP contribution in [0.1, 0.15) is 16.1 Å². The number of hydrogen-bond donors (Lipinski definition) is 1. The highest BCUT2D eigenvalue weighted by molar-refractivity contribution is 7.14. The fourth-order valence-electron chi connectivity index (χ4n) is 2.43. The molecule has 0 spiro atoms. The van der Waals surface area contributed by atoms with Crippen LogP contribution in [0.4, 0.5) is 5.13 Å². The van der Waals surface area contributed by atoms with E-state index >= 15 is 0 Å². The van der Waals surface area contributed by atoms with Gasteiger partial charge in [0.05, 0.1) is 26.2 Å². The average molecular weight is 402 g/mol. The summed E-state index contributed by atoms with van der Waals surface area (Å²) in [5.74, 6) is 0.613. The molecule has 0 aliphatic heterocycles. The first-order valence-corrected chi connectivity index (χ1v) is 9.08. The molecule has 1 N–H and O–H groups in total. The largest absolute Gasteiger partial charge is 0.497 e. The predicted molar refractivity (Wildman–Crippen MR) is 103 cm³/mol. The molecule has 0 radical (unpaired) electrons. The Kier molecular flexibility index (Phi) is 5.95. The maximum Gasteiger partial charge on any atom is 0.342 e. The molecule has 0 aliphatic carbocycles. The third-order valence-corrected chi connectivity index (χ3v) is 4.60. The lowest BCUT2D eigenvalue weighted by Crippen LogP contribution is -2.20. The van der Waals surface area contributed by atoms with Crippen molar-refractivity contribution in [3.8, 4) is 22.8 Å². The topological polar surface area (TPSA) is 99.9 Å². The number of furan rings is 1. The number of amides is 1. The number of nitrogens with zero attached hydrogens (tertiary/aromatic N) is 1. The van der Waals surface area contributed by atoms with Crippen molar-refractivity contribution in [1.29, 1.82) is 0 Å². The van der Waals surface area contributed by atoms with Gasteiger partial charge in [-0.05, 0) is 31.2 Å². The molecule has 3 rings (SSSR count). The van der Waals surface area contributed by atoms with Gasteiger partial charge in [0.25, 0.3) is 5.91 Å². The quantitative estimate of drug-likeness (QED) is 0.604. The van der Waals surface area contributed by atoms with Crippen molar-refractivity contribution in [3.05, 3.63) is 47.2 Å². The van der Waals surface area contributed by atoms with Gasteiger partial charge in [0.2, 0.25) is 0 Å². The van der Waals surface area contributed by atoms with Gasteiger partial charge in [-0.2, -0.15) is 0 Å². The van der Waals surface area contributed by atoms with Crippen molar-refractivity contribution in [3.63, 3.8) is 0 Å². The number of aromatic nitrogens is 1. The molecule has 9 heteroatoms. The van der Waals surface area contributed by atoms with Crippen LogP contribution in [-0.2, 0) is 9.53 Å². The Morgan fingerprint density at radius 1 is 1.21 bits per heavy atom. The standard InChI is InChI=1S/C19H18N2O6S/c1-11-13(6-7-26-11)18(23)27-9-17(22)21-19-20-15(10-28-19)14-8-12(24-2)4-5-16(14)25-3/h4-8,10H,9H2,1-3H3,(H,20,21,22). The lowest BCUT2D eigenvalue weighted by molar-refractivity contribution is -0.119. The van der Waals surface area contributed by atoms with Crippen LogP contribution in [0.25, 0.3) is 11.3 Å². The summed E-state index contributed by atoms with van der Waals surface area (Å²) in [5.41, 5.74) is 1.65. The van der Waals surface area contributed by atoms with Crippen LogP contribution >= 0.6 is 11.3 Å². The fraction of sp³-hybridized carbons (Fsp3) is 0.211. The molecule has 0 unspecified atom stereocenters.